The van der Waals surface area contributed by atoms with E-state index in [0.717, 1.165) is 0 Å². The van der Waals surface area contributed by atoms with Crippen LogP contribution in [0.25, 0.3) is 0 Å². The van der Waals surface area contributed by atoms with Gasteiger partial charge in [0.05, 0.1) is 11.4 Å². The second kappa shape index (κ2) is 25.2. The Morgan fingerprint density at radius 3 is 0.394 bits per heavy atom. The van der Waals surface area contributed by atoms with Crippen molar-refractivity contribution in [2.75, 3.05) is 0 Å². The Morgan fingerprint density at radius 1 is 0.197 bits per heavy atom. The molecule has 0 aromatic rings. The van der Waals surface area contributed by atoms with Gasteiger partial charge in [-0.15, -0.1) is 0 Å². The van der Waals surface area contributed by atoms with Gasteiger partial charge >= 0.3 is 0 Å². The van der Waals surface area contributed by atoms with E-state index in [1.807, 2.05) is 0 Å². The Kier molecular flexibility index (Phi) is 29.9. The Hall–Kier alpha value is 13.1. The summed E-state index contributed by atoms with van der Waals surface area (Å²) < 4.78 is -54.3. The zero-order chi connectivity index (χ0) is 59.3. The minimum Gasteiger partial charge on any atom is -0.750 e. The van der Waals surface area contributed by atoms with Crippen LogP contribution in [0.3, 0.4) is 0 Å². The van der Waals surface area contributed by atoms with E-state index in [4.69, 9.17) is 522 Å². The van der Waals surface area contributed by atoms with Gasteiger partial charge in [-0.1, -0.05) is 522 Å². The predicted octanol–water partition coefficient (Wildman–Crippen LogP) is 25.8. The van der Waals surface area contributed by atoms with E-state index < -0.39 is 106 Å². The number of alkyl halides is 45. The molecule has 0 heterocycles. The van der Waals surface area contributed by atoms with E-state index in [1.165, 1.54) is 0 Å². The molecular formula is C22Cl45O3S-. The van der Waals surface area contributed by atoms with Gasteiger partial charge in [0, 0.05) is 0 Å². The van der Waals surface area contributed by atoms with Crippen LogP contribution >= 0.6 is 522 Å². The molecule has 0 amide bonds. The van der Waals surface area contributed by atoms with E-state index in [-0.39, 0.29) is 0 Å². The Morgan fingerprint density at radius 2 is 0.296 bits per heavy atom. The Balaban J connectivity index is 8.10. The zero-order valence-corrected chi connectivity index (χ0v) is 64.5. The molecule has 0 aliphatic carbocycles. The van der Waals surface area contributed by atoms with Gasteiger partial charge in [-0.3, -0.25) is 4.18 Å². The van der Waals surface area contributed by atoms with Gasteiger partial charge in [0.1, 0.15) is 0 Å². The quantitative estimate of drug-likeness (QED) is 0.0802. The van der Waals surface area contributed by atoms with Gasteiger partial charge in [0.25, 0.3) is 4.52 Å². The van der Waals surface area contributed by atoms with E-state index >= 15 is 0 Å². The van der Waals surface area contributed by atoms with E-state index in [0.29, 0.717) is 0 Å². The molecule has 0 saturated heterocycles. The second-order valence-corrected chi connectivity index (χ2v) is 43.5. The molecule has 0 saturated carbocycles. The summed E-state index contributed by atoms with van der Waals surface area (Å²) in [5, 5.41) is 0. The van der Waals surface area contributed by atoms with Crippen molar-refractivity contribution in [3.05, 3.63) is 0 Å². The summed E-state index contributed by atoms with van der Waals surface area (Å²) in [6.07, 6.45) is 0. The van der Waals surface area contributed by atoms with Crippen LogP contribution in [0, 0.1) is 0 Å². The maximum absolute atomic E-state index is 11.3. The van der Waals surface area contributed by atoms with Crippen molar-refractivity contribution < 1.29 is 12.9 Å². The van der Waals surface area contributed by atoms with Crippen LogP contribution in [0.15, 0.2) is 0 Å². The molecule has 0 N–H and O–H groups in total. The largest absolute Gasteiger partial charge is 0.750 e. The second-order valence-electron chi connectivity index (χ2n) is 12.8. The van der Waals surface area contributed by atoms with Crippen LogP contribution in [-0.2, 0) is 15.5 Å². The maximum Gasteiger partial charge on any atom is 0.267 e. The molecule has 1 atom stereocenters. The maximum atomic E-state index is 11.3. The predicted molar refractivity (Wildman–Crippen MR) is 333 cm³/mol. The molecule has 0 aromatic heterocycles. The molecule has 49 heteroatoms. The third-order valence-electron chi connectivity index (χ3n) is 8.39. The number of rotatable bonds is 22. The summed E-state index contributed by atoms with van der Waals surface area (Å²) in [6, 6.07) is 0. The lowest BCUT2D eigenvalue weighted by molar-refractivity contribution is 0.205. The first-order valence-electron chi connectivity index (χ1n) is 14.5. The molecule has 0 spiro atoms. The van der Waals surface area contributed by atoms with Crippen molar-refractivity contribution in [3.63, 3.8) is 0 Å². The van der Waals surface area contributed by atoms with Crippen LogP contribution in [0.2, 0.25) is 0 Å². The monoisotopic (exact) mass is 1920 g/mol. The third kappa shape index (κ3) is 12.8. The highest BCUT2D eigenvalue weighted by molar-refractivity contribution is 7.74. The lowest BCUT2D eigenvalue weighted by atomic mass is 9.95. The van der Waals surface area contributed by atoms with E-state index in [9.17, 15) is 8.76 Å². The molecule has 0 radical (unpaired) electrons. The van der Waals surface area contributed by atoms with Crippen LogP contribution in [0.4, 0.5) is 0 Å². The van der Waals surface area contributed by atoms with Crippen LogP contribution < -0.4 is 0 Å². The van der Waals surface area contributed by atoms with Gasteiger partial charge in [-0.05, 0) is 0 Å². The third-order valence-corrected chi connectivity index (χ3v) is 41.5. The summed E-state index contributed by atoms with van der Waals surface area (Å²) in [6.45, 7) is 0. The average Bonchev–Trinajstić information content (AvgIpc) is 3.11. The van der Waals surface area contributed by atoms with Crippen LogP contribution in [-0.4, -0.2) is 104 Å². The molecule has 0 bridgehead atoms. The van der Waals surface area contributed by atoms with Gasteiger partial charge in [-0.25, -0.2) is 4.21 Å². The fourth-order valence-corrected chi connectivity index (χ4v) is 20.3. The summed E-state index contributed by atoms with van der Waals surface area (Å²) in [7, 11) is 0. The van der Waals surface area contributed by atoms with E-state index in [2.05, 4.69) is 4.18 Å². The molecule has 3 nitrogen and oxygen atoms in total. The molecule has 0 fully saturated rings. The zero-order valence-electron chi connectivity index (χ0n) is 29.6. The van der Waals surface area contributed by atoms with Crippen molar-refractivity contribution in [1.29, 1.82) is 0 Å². The summed E-state index contributed by atoms with van der Waals surface area (Å²) in [5.74, 6) is 0. The molecule has 1 unspecified atom stereocenters. The lowest BCUT2D eigenvalue weighted by Crippen LogP contribution is -2.77. The molecule has 0 rings (SSSR count). The average molecular weight is 1940 g/mol. The summed E-state index contributed by atoms with van der Waals surface area (Å²) in [4.78, 5) is 0. The smallest absolute Gasteiger partial charge is 0.267 e. The highest BCUT2D eigenvalue weighted by atomic mass is 35.6. The fourth-order valence-electron chi connectivity index (χ4n) is 4.05. The van der Waals surface area contributed by atoms with Crippen LogP contribution in [0.5, 0.6) is 0 Å². The number of hydrogen-bond donors (Lipinski definition) is 0. The van der Waals surface area contributed by atoms with Crippen molar-refractivity contribution in [2.45, 2.75) is 95.0 Å². The highest BCUT2D eigenvalue weighted by Crippen LogP contribution is 2.80. The first-order chi connectivity index (χ1) is 29.7. The van der Waals surface area contributed by atoms with Crippen molar-refractivity contribution in [3.8, 4) is 0 Å². The van der Waals surface area contributed by atoms with Crippen molar-refractivity contribution in [2.24, 2.45) is 0 Å². The molecule has 0 aromatic carbocycles. The van der Waals surface area contributed by atoms with Gasteiger partial charge in [0.15, 0.2) is 78.0 Å². The minimum absolute atomic E-state index is 2.93. The number of hydrogen-bond acceptors (Lipinski definition) is 3. The first kappa shape index (κ1) is 84.1. The van der Waals surface area contributed by atoms with Gasteiger partial charge in [-0.2, -0.15) is 0 Å². The standard InChI is InChI=1S/C22HCl45O3S/c23-1(24,3(27,28)5(31,32)7(35,36)9(39,40)11(43,44)13(47,48)15(51,52)17(55,56)19(59,60)21(63,64)65)2(25,26)4(29,30)6(33,34)8(37,38)10(41,42)12(45,46)14(49,50)16(53,54)18(57,58)20(61,62)22(66,67)70-71(68)69/h(H,68,69)/p-1. The molecule has 71 heavy (non-hydrogen) atoms. The normalized spacial score (nSPS) is 17.8. The van der Waals surface area contributed by atoms with Gasteiger partial charge < -0.3 is 4.55 Å². The Bertz CT molecular complexity index is 1970. The lowest BCUT2D eigenvalue weighted by Gasteiger charge is -2.59. The molecule has 0 aliphatic heterocycles. The highest BCUT2D eigenvalue weighted by Gasteiger charge is 2.90. The first-order valence-corrected chi connectivity index (χ1v) is 32.5. The SMILES string of the molecule is O=S([O-])OC(Cl)(Cl)C(Cl)(Cl)C(Cl)(Cl)C(Cl)(Cl)C(Cl)(Cl)C(Cl)(Cl)C(Cl)(Cl)C(Cl)(Cl)C(Cl)(Cl)C(Cl)(Cl)C(Cl)(Cl)C(Cl)(Cl)C(Cl)(Cl)C(Cl)(Cl)C(Cl)(Cl)C(Cl)(Cl)C(Cl)(Cl)C(Cl)(Cl)C(Cl)(Cl)C(Cl)(Cl)C(Cl)(Cl)C(Cl)(Cl)Cl. The number of halogens is 45. The Labute approximate surface area is 630 Å². The summed E-state index contributed by atoms with van der Waals surface area (Å²) >= 11 is 285. The van der Waals surface area contributed by atoms with Crippen LogP contribution in [0.1, 0.15) is 0 Å². The molecule has 428 valence electrons. The minimum atomic E-state index is -3.91. The summed E-state index contributed by atoms with van der Waals surface area (Å²) in [5.41, 5.74) is 0. The van der Waals surface area contributed by atoms with Crippen molar-refractivity contribution >= 4 is 533 Å². The molecule has 0 aliphatic rings. The van der Waals surface area contributed by atoms with E-state index in [1.54, 1.807) is 0 Å². The topological polar surface area (TPSA) is 49.4 Å². The van der Waals surface area contributed by atoms with Crippen molar-refractivity contribution in [1.82, 2.24) is 0 Å². The molecular weight excluding hydrogens is 1940 g/mol. The fraction of sp³-hybridized carbons (Fsp3) is 1.00. The van der Waals surface area contributed by atoms with Gasteiger partial charge in [0.2, 0.25) is 12.5 Å².